The zero-order chi connectivity index (χ0) is 14.5. The maximum absolute atomic E-state index is 12.3. The van der Waals surface area contributed by atoms with Gasteiger partial charge in [0.1, 0.15) is 5.69 Å². The minimum atomic E-state index is -0.146. The molecule has 1 saturated heterocycles. The summed E-state index contributed by atoms with van der Waals surface area (Å²) in [6.45, 7) is 5.38. The largest absolute Gasteiger partial charge is 0.466 e. The van der Waals surface area contributed by atoms with Gasteiger partial charge in [-0.15, -0.1) is 0 Å². The number of esters is 1. The van der Waals surface area contributed by atoms with Crippen molar-refractivity contribution in [2.24, 2.45) is 5.92 Å². The number of rotatable bonds is 4. The lowest BCUT2D eigenvalue weighted by molar-refractivity contribution is -0.149. The SMILES string of the molecule is CCOC(=O)C1CCN(C(=O)c2cc(CC)[nH]n2)CC1. The second kappa shape index (κ2) is 6.54. The van der Waals surface area contributed by atoms with Crippen molar-refractivity contribution in [2.45, 2.75) is 33.1 Å². The molecule has 0 spiro atoms. The molecule has 0 saturated carbocycles. The van der Waals surface area contributed by atoms with Crippen molar-refractivity contribution in [3.63, 3.8) is 0 Å². The molecule has 1 N–H and O–H groups in total. The Labute approximate surface area is 118 Å². The number of carbonyl (C=O) groups excluding carboxylic acids is 2. The summed E-state index contributed by atoms with van der Waals surface area (Å²) >= 11 is 0. The number of H-pyrrole nitrogens is 1. The van der Waals surface area contributed by atoms with Crippen LogP contribution in [0.25, 0.3) is 0 Å². The number of amides is 1. The summed E-state index contributed by atoms with van der Waals surface area (Å²) < 4.78 is 5.02. The van der Waals surface area contributed by atoms with Crippen molar-refractivity contribution in [3.8, 4) is 0 Å². The third-order valence-electron chi connectivity index (χ3n) is 3.63. The molecule has 0 unspecified atom stereocenters. The number of likely N-dealkylation sites (tertiary alicyclic amines) is 1. The molecule has 0 bridgehead atoms. The lowest BCUT2D eigenvalue weighted by Gasteiger charge is -2.30. The van der Waals surface area contributed by atoms with Crippen molar-refractivity contribution >= 4 is 11.9 Å². The molecule has 1 aliphatic heterocycles. The van der Waals surface area contributed by atoms with Gasteiger partial charge in [-0.05, 0) is 32.3 Å². The highest BCUT2D eigenvalue weighted by Gasteiger charge is 2.29. The van der Waals surface area contributed by atoms with Crippen LogP contribution in [0, 0.1) is 5.92 Å². The first kappa shape index (κ1) is 14.6. The number of carbonyl (C=O) groups is 2. The Morgan fingerprint density at radius 1 is 1.40 bits per heavy atom. The van der Waals surface area contributed by atoms with Gasteiger partial charge in [0.15, 0.2) is 0 Å². The maximum Gasteiger partial charge on any atom is 0.309 e. The fourth-order valence-corrected chi connectivity index (χ4v) is 2.39. The van der Waals surface area contributed by atoms with E-state index in [1.165, 1.54) is 0 Å². The fourth-order valence-electron chi connectivity index (χ4n) is 2.39. The first-order valence-corrected chi connectivity index (χ1v) is 7.15. The van der Waals surface area contributed by atoms with E-state index in [9.17, 15) is 9.59 Å². The second-order valence-electron chi connectivity index (χ2n) is 4.95. The normalized spacial score (nSPS) is 16.2. The summed E-state index contributed by atoms with van der Waals surface area (Å²) in [6.07, 6.45) is 2.15. The molecule has 1 aromatic rings. The van der Waals surface area contributed by atoms with Gasteiger partial charge < -0.3 is 9.64 Å². The number of aromatic nitrogens is 2. The lowest BCUT2D eigenvalue weighted by Crippen LogP contribution is -2.40. The number of ether oxygens (including phenoxy) is 1. The molecular weight excluding hydrogens is 258 g/mol. The van der Waals surface area contributed by atoms with E-state index in [-0.39, 0.29) is 17.8 Å². The van der Waals surface area contributed by atoms with Gasteiger partial charge in [-0.2, -0.15) is 5.10 Å². The van der Waals surface area contributed by atoms with Crippen LogP contribution in [0.2, 0.25) is 0 Å². The van der Waals surface area contributed by atoms with Crippen LogP contribution < -0.4 is 0 Å². The summed E-state index contributed by atoms with van der Waals surface area (Å²) in [4.78, 5) is 25.7. The Bertz CT molecular complexity index is 476. The predicted molar refractivity (Wildman–Crippen MR) is 73.2 cm³/mol. The number of hydrogen-bond donors (Lipinski definition) is 1. The van der Waals surface area contributed by atoms with Gasteiger partial charge in [-0.1, -0.05) is 6.92 Å². The quantitative estimate of drug-likeness (QED) is 0.845. The number of aryl methyl sites for hydroxylation is 1. The first-order chi connectivity index (χ1) is 9.65. The molecule has 0 aliphatic carbocycles. The van der Waals surface area contributed by atoms with Crippen LogP contribution in [0.3, 0.4) is 0 Å². The van der Waals surface area contributed by atoms with Crippen LogP contribution in [-0.2, 0) is 16.0 Å². The van der Waals surface area contributed by atoms with Crippen molar-refractivity contribution in [3.05, 3.63) is 17.5 Å². The van der Waals surface area contributed by atoms with E-state index < -0.39 is 0 Å². The third kappa shape index (κ3) is 3.18. The second-order valence-corrected chi connectivity index (χ2v) is 4.95. The molecule has 0 atom stereocenters. The van der Waals surface area contributed by atoms with Crippen LogP contribution in [0.4, 0.5) is 0 Å². The van der Waals surface area contributed by atoms with Crippen molar-refractivity contribution in [2.75, 3.05) is 19.7 Å². The Morgan fingerprint density at radius 2 is 2.10 bits per heavy atom. The van der Waals surface area contributed by atoms with Gasteiger partial charge in [-0.25, -0.2) is 0 Å². The lowest BCUT2D eigenvalue weighted by atomic mass is 9.97. The molecule has 2 heterocycles. The highest BCUT2D eigenvalue weighted by atomic mass is 16.5. The molecular formula is C14H21N3O3. The van der Waals surface area contributed by atoms with E-state index >= 15 is 0 Å². The summed E-state index contributed by atoms with van der Waals surface area (Å²) in [6, 6.07) is 1.79. The highest BCUT2D eigenvalue weighted by molar-refractivity contribution is 5.92. The predicted octanol–water partition coefficient (Wildman–Crippen LogP) is 1.39. The summed E-state index contributed by atoms with van der Waals surface area (Å²) in [5.41, 5.74) is 1.41. The Hall–Kier alpha value is -1.85. The van der Waals surface area contributed by atoms with Gasteiger partial charge in [0.25, 0.3) is 5.91 Å². The number of aromatic amines is 1. The summed E-state index contributed by atoms with van der Waals surface area (Å²) in [5, 5.41) is 6.89. The Morgan fingerprint density at radius 3 is 2.65 bits per heavy atom. The average molecular weight is 279 g/mol. The van der Waals surface area contributed by atoms with E-state index in [1.807, 2.05) is 6.92 Å². The van der Waals surface area contributed by atoms with Gasteiger partial charge in [-0.3, -0.25) is 14.7 Å². The summed E-state index contributed by atoms with van der Waals surface area (Å²) in [5.74, 6) is -0.291. The van der Waals surface area contributed by atoms with E-state index in [1.54, 1.807) is 17.9 Å². The molecule has 2 rings (SSSR count). The van der Waals surface area contributed by atoms with Crippen LogP contribution in [-0.4, -0.2) is 46.7 Å². The fraction of sp³-hybridized carbons (Fsp3) is 0.643. The van der Waals surface area contributed by atoms with E-state index in [2.05, 4.69) is 10.2 Å². The molecule has 1 amide bonds. The minimum absolute atomic E-state index is 0.0664. The molecule has 110 valence electrons. The maximum atomic E-state index is 12.3. The molecule has 1 fully saturated rings. The highest BCUT2D eigenvalue weighted by Crippen LogP contribution is 2.20. The molecule has 6 heteroatoms. The molecule has 6 nitrogen and oxygen atoms in total. The van der Waals surface area contributed by atoms with Gasteiger partial charge in [0.05, 0.1) is 12.5 Å². The van der Waals surface area contributed by atoms with Crippen molar-refractivity contribution in [1.29, 1.82) is 0 Å². The number of nitrogens with one attached hydrogen (secondary N) is 1. The molecule has 20 heavy (non-hydrogen) atoms. The van der Waals surface area contributed by atoms with Gasteiger partial charge >= 0.3 is 5.97 Å². The van der Waals surface area contributed by atoms with Crippen LogP contribution in [0.1, 0.15) is 42.9 Å². The average Bonchev–Trinajstić information content (AvgIpc) is 2.96. The monoisotopic (exact) mass is 279 g/mol. The van der Waals surface area contributed by atoms with Gasteiger partial charge in [0.2, 0.25) is 0 Å². The molecule has 0 radical (unpaired) electrons. The number of piperidine rings is 1. The topological polar surface area (TPSA) is 75.3 Å². The molecule has 0 aromatic carbocycles. The smallest absolute Gasteiger partial charge is 0.309 e. The number of hydrogen-bond acceptors (Lipinski definition) is 4. The van der Waals surface area contributed by atoms with Gasteiger partial charge in [0, 0.05) is 18.8 Å². The third-order valence-corrected chi connectivity index (χ3v) is 3.63. The zero-order valence-corrected chi connectivity index (χ0v) is 12.0. The Kier molecular flexibility index (Phi) is 4.76. The van der Waals surface area contributed by atoms with E-state index in [0.717, 1.165) is 12.1 Å². The van der Waals surface area contributed by atoms with Crippen LogP contribution >= 0.6 is 0 Å². The number of nitrogens with zero attached hydrogens (tertiary/aromatic N) is 2. The standard InChI is InChI=1S/C14H21N3O3/c1-3-11-9-12(16-15-11)13(18)17-7-5-10(6-8-17)14(19)20-4-2/h9-10H,3-8H2,1-2H3,(H,15,16). The van der Waals surface area contributed by atoms with Crippen LogP contribution in [0.5, 0.6) is 0 Å². The zero-order valence-electron chi connectivity index (χ0n) is 12.0. The molecule has 1 aliphatic rings. The molecule has 1 aromatic heterocycles. The van der Waals surface area contributed by atoms with Crippen LogP contribution in [0.15, 0.2) is 6.07 Å². The van der Waals surface area contributed by atoms with E-state index in [0.29, 0.717) is 38.2 Å². The first-order valence-electron chi connectivity index (χ1n) is 7.15. The van der Waals surface area contributed by atoms with Crippen molar-refractivity contribution in [1.82, 2.24) is 15.1 Å². The summed E-state index contributed by atoms with van der Waals surface area (Å²) in [7, 11) is 0. The van der Waals surface area contributed by atoms with Crippen molar-refractivity contribution < 1.29 is 14.3 Å². The Balaban J connectivity index is 1.90. The van der Waals surface area contributed by atoms with E-state index in [4.69, 9.17) is 4.74 Å². The minimum Gasteiger partial charge on any atom is -0.466 e.